The molecule has 1 aromatic carbocycles. The topological polar surface area (TPSA) is 81.5 Å². The van der Waals surface area contributed by atoms with Crippen LogP contribution in [0.25, 0.3) is 0 Å². The number of benzene rings is 1. The first-order chi connectivity index (χ1) is 9.08. The summed E-state index contributed by atoms with van der Waals surface area (Å²) in [4.78, 5) is 21.6. The van der Waals surface area contributed by atoms with E-state index in [1.165, 1.54) is 17.8 Å². The lowest BCUT2D eigenvalue weighted by Gasteiger charge is -2.05. The maximum absolute atomic E-state index is 11.1. The molecule has 0 spiro atoms. The zero-order valence-electron chi connectivity index (χ0n) is 10.8. The number of rotatable bonds is 7. The average Bonchev–Trinajstić information content (AvgIpc) is 2.38. The van der Waals surface area contributed by atoms with Gasteiger partial charge in [-0.1, -0.05) is 6.07 Å². The van der Waals surface area contributed by atoms with Gasteiger partial charge in [-0.25, -0.2) is 0 Å². The zero-order valence-corrected chi connectivity index (χ0v) is 11.7. The first-order valence-corrected chi connectivity index (χ1v) is 6.92. The number of nitro benzene ring substituents is 1. The van der Waals surface area contributed by atoms with Crippen molar-refractivity contribution < 1.29 is 14.5 Å². The number of thioether (sulfide) groups is 1. The standard InChI is InChI=1S/C12H16N2O4S/c1-3-18-12(15)8-19-7-9-4-5-10(13-2)11(6-9)14(16)17/h4-6,13H,3,7-8H2,1-2H3. The maximum Gasteiger partial charge on any atom is 0.315 e. The minimum Gasteiger partial charge on any atom is -0.465 e. The second-order valence-electron chi connectivity index (χ2n) is 3.66. The van der Waals surface area contributed by atoms with Gasteiger partial charge in [-0.05, 0) is 18.6 Å². The molecule has 1 rings (SSSR count). The molecule has 6 nitrogen and oxygen atoms in total. The lowest BCUT2D eigenvalue weighted by molar-refractivity contribution is -0.384. The van der Waals surface area contributed by atoms with Crippen LogP contribution in [0.2, 0.25) is 0 Å². The molecular weight excluding hydrogens is 268 g/mol. The SMILES string of the molecule is CCOC(=O)CSCc1ccc(NC)c([N+](=O)[O-])c1. The highest BCUT2D eigenvalue weighted by Crippen LogP contribution is 2.26. The van der Waals surface area contributed by atoms with E-state index < -0.39 is 4.92 Å². The van der Waals surface area contributed by atoms with Crippen molar-refractivity contribution in [3.63, 3.8) is 0 Å². The highest BCUT2D eigenvalue weighted by atomic mass is 32.2. The van der Waals surface area contributed by atoms with Gasteiger partial charge in [0.2, 0.25) is 0 Å². The zero-order chi connectivity index (χ0) is 14.3. The first-order valence-electron chi connectivity index (χ1n) is 5.77. The predicted molar refractivity (Wildman–Crippen MR) is 75.4 cm³/mol. The van der Waals surface area contributed by atoms with Crippen LogP contribution in [0.5, 0.6) is 0 Å². The molecule has 0 amide bonds. The van der Waals surface area contributed by atoms with Crippen molar-refractivity contribution in [3.8, 4) is 0 Å². The van der Waals surface area contributed by atoms with Gasteiger partial charge in [-0.2, -0.15) is 0 Å². The van der Waals surface area contributed by atoms with E-state index in [1.807, 2.05) is 0 Å². The van der Waals surface area contributed by atoms with Gasteiger partial charge in [0.05, 0.1) is 17.3 Å². The van der Waals surface area contributed by atoms with Crippen molar-refractivity contribution in [1.82, 2.24) is 0 Å². The highest BCUT2D eigenvalue weighted by Gasteiger charge is 2.13. The second kappa shape index (κ2) is 7.63. The predicted octanol–water partition coefficient (Wildman–Crippen LogP) is 2.43. The Labute approximate surface area is 115 Å². The van der Waals surface area contributed by atoms with Gasteiger partial charge < -0.3 is 10.1 Å². The molecule has 0 unspecified atom stereocenters. The number of nitro groups is 1. The molecule has 0 aromatic heterocycles. The van der Waals surface area contributed by atoms with Gasteiger partial charge in [0.15, 0.2) is 0 Å². The maximum atomic E-state index is 11.1. The van der Waals surface area contributed by atoms with E-state index in [0.29, 0.717) is 18.0 Å². The molecule has 19 heavy (non-hydrogen) atoms. The number of nitrogens with one attached hydrogen (secondary N) is 1. The average molecular weight is 284 g/mol. The summed E-state index contributed by atoms with van der Waals surface area (Å²) >= 11 is 1.37. The molecule has 7 heteroatoms. The number of esters is 1. The lowest BCUT2D eigenvalue weighted by Crippen LogP contribution is -2.06. The number of carbonyl (C=O) groups is 1. The molecule has 0 aliphatic carbocycles. The Balaban J connectivity index is 2.62. The summed E-state index contributed by atoms with van der Waals surface area (Å²) in [7, 11) is 1.64. The van der Waals surface area contributed by atoms with Crippen molar-refractivity contribution in [2.45, 2.75) is 12.7 Å². The highest BCUT2D eigenvalue weighted by molar-refractivity contribution is 7.99. The molecule has 0 atom stereocenters. The van der Waals surface area contributed by atoms with Gasteiger partial charge in [0, 0.05) is 18.9 Å². The fourth-order valence-electron chi connectivity index (χ4n) is 1.48. The minimum atomic E-state index is -0.425. The van der Waals surface area contributed by atoms with E-state index in [4.69, 9.17) is 4.74 Å². The normalized spacial score (nSPS) is 10.0. The van der Waals surface area contributed by atoms with Crippen molar-refractivity contribution in [3.05, 3.63) is 33.9 Å². The molecule has 0 heterocycles. The Kier molecular flexibility index (Phi) is 6.14. The molecule has 0 aliphatic heterocycles. The van der Waals surface area contributed by atoms with E-state index in [9.17, 15) is 14.9 Å². The van der Waals surface area contributed by atoms with Crippen LogP contribution in [0.3, 0.4) is 0 Å². The molecule has 0 bridgehead atoms. The largest absolute Gasteiger partial charge is 0.465 e. The van der Waals surface area contributed by atoms with Gasteiger partial charge in [-0.15, -0.1) is 11.8 Å². The summed E-state index contributed by atoms with van der Waals surface area (Å²) in [6.07, 6.45) is 0. The monoisotopic (exact) mass is 284 g/mol. The van der Waals surface area contributed by atoms with Crippen LogP contribution < -0.4 is 5.32 Å². The van der Waals surface area contributed by atoms with E-state index in [1.54, 1.807) is 26.1 Å². The summed E-state index contributed by atoms with van der Waals surface area (Å²) in [5, 5.41) is 13.7. The molecule has 0 saturated carbocycles. The summed E-state index contributed by atoms with van der Waals surface area (Å²) < 4.78 is 4.80. The Morgan fingerprint density at radius 2 is 2.26 bits per heavy atom. The van der Waals surface area contributed by atoms with Crippen LogP contribution in [0.4, 0.5) is 11.4 Å². The Morgan fingerprint density at radius 3 is 2.84 bits per heavy atom. The van der Waals surface area contributed by atoms with Crippen LogP contribution in [0, 0.1) is 10.1 Å². The van der Waals surface area contributed by atoms with Crippen LogP contribution in [-0.2, 0) is 15.3 Å². The Bertz CT molecular complexity index is 465. The van der Waals surface area contributed by atoms with Gasteiger partial charge >= 0.3 is 5.97 Å². The smallest absolute Gasteiger partial charge is 0.315 e. The minimum absolute atomic E-state index is 0.0386. The molecule has 104 valence electrons. The summed E-state index contributed by atoms with van der Waals surface area (Å²) in [5.41, 5.74) is 1.32. The van der Waals surface area contributed by atoms with Gasteiger partial charge in [0.1, 0.15) is 5.69 Å². The lowest BCUT2D eigenvalue weighted by atomic mass is 10.2. The van der Waals surface area contributed by atoms with E-state index in [0.717, 1.165) is 5.56 Å². The molecule has 0 fully saturated rings. The van der Waals surface area contributed by atoms with Crippen molar-refractivity contribution in [2.75, 3.05) is 24.7 Å². The third kappa shape index (κ3) is 4.78. The Morgan fingerprint density at radius 1 is 1.53 bits per heavy atom. The number of hydrogen-bond donors (Lipinski definition) is 1. The fourth-order valence-corrected chi connectivity index (χ4v) is 2.25. The molecule has 1 aromatic rings. The molecule has 0 saturated heterocycles. The summed E-state index contributed by atoms with van der Waals surface area (Å²) in [6.45, 7) is 2.12. The second-order valence-corrected chi connectivity index (χ2v) is 4.64. The molecular formula is C12H16N2O4S. The van der Waals surface area contributed by atoms with E-state index in [2.05, 4.69) is 5.32 Å². The van der Waals surface area contributed by atoms with Crippen LogP contribution in [0.15, 0.2) is 18.2 Å². The molecule has 1 N–H and O–H groups in total. The number of nitrogens with zero attached hydrogens (tertiary/aromatic N) is 1. The van der Waals surface area contributed by atoms with Crippen molar-refractivity contribution >= 4 is 29.1 Å². The first kappa shape index (κ1) is 15.3. The third-order valence-electron chi connectivity index (χ3n) is 2.32. The molecule has 0 radical (unpaired) electrons. The number of ether oxygens (including phenoxy) is 1. The van der Waals surface area contributed by atoms with Crippen LogP contribution >= 0.6 is 11.8 Å². The van der Waals surface area contributed by atoms with E-state index in [-0.39, 0.29) is 17.4 Å². The van der Waals surface area contributed by atoms with Crippen LogP contribution in [0.1, 0.15) is 12.5 Å². The van der Waals surface area contributed by atoms with Gasteiger partial charge in [-0.3, -0.25) is 14.9 Å². The fraction of sp³-hybridized carbons (Fsp3) is 0.417. The number of anilines is 1. The van der Waals surface area contributed by atoms with E-state index >= 15 is 0 Å². The number of carbonyl (C=O) groups excluding carboxylic acids is 1. The quantitative estimate of drug-likeness (QED) is 0.470. The van der Waals surface area contributed by atoms with Crippen molar-refractivity contribution in [1.29, 1.82) is 0 Å². The van der Waals surface area contributed by atoms with Gasteiger partial charge in [0.25, 0.3) is 5.69 Å². The molecule has 0 aliphatic rings. The third-order valence-corrected chi connectivity index (χ3v) is 3.30. The summed E-state index contributed by atoms with van der Waals surface area (Å²) in [6, 6.07) is 4.99. The Hall–Kier alpha value is -1.76. The summed E-state index contributed by atoms with van der Waals surface area (Å²) in [5.74, 6) is 0.507. The van der Waals surface area contributed by atoms with Crippen LogP contribution in [-0.4, -0.2) is 30.3 Å². The van der Waals surface area contributed by atoms with Crippen molar-refractivity contribution in [2.24, 2.45) is 0 Å². The number of hydrogen-bond acceptors (Lipinski definition) is 6.